The Kier molecular flexibility index (Phi) is 5.09. The summed E-state index contributed by atoms with van der Waals surface area (Å²) in [4.78, 5) is 19.9. The number of amidine groups is 2. The van der Waals surface area contributed by atoms with Crippen molar-refractivity contribution < 1.29 is 4.79 Å². The van der Waals surface area contributed by atoms with E-state index >= 15 is 0 Å². The monoisotopic (exact) mass is 389 g/mol. The standard InChI is InChI=1S/C23H27N5O/c1-2-20-26-23(13-5-6-14-23)22(29)28(20)15-16-9-11-17(12-10-16)18-7-3-4-8-19(18)21(24)27-25/h3-4,7-12H,2,5-6,13-15,25H2,1H3,(H2,24,27). The van der Waals surface area contributed by atoms with Crippen molar-refractivity contribution in [3.8, 4) is 11.1 Å². The third-order valence-electron chi connectivity index (χ3n) is 5.99. The molecule has 0 bridgehead atoms. The molecule has 2 aliphatic rings. The lowest BCUT2D eigenvalue weighted by atomic mass is 9.97. The maximum absolute atomic E-state index is 13.1. The second kappa shape index (κ2) is 7.70. The van der Waals surface area contributed by atoms with Crippen molar-refractivity contribution in [3.63, 3.8) is 0 Å². The van der Waals surface area contributed by atoms with Crippen LogP contribution in [-0.4, -0.2) is 28.0 Å². The molecule has 1 aliphatic carbocycles. The minimum absolute atomic E-state index is 0.174. The zero-order valence-corrected chi connectivity index (χ0v) is 16.8. The molecule has 0 atom stereocenters. The van der Waals surface area contributed by atoms with Gasteiger partial charge in [-0.05, 0) is 29.5 Å². The van der Waals surface area contributed by atoms with Gasteiger partial charge in [0.25, 0.3) is 5.91 Å². The Hall–Kier alpha value is -3.15. The predicted octanol–water partition coefficient (Wildman–Crippen LogP) is 3.40. The molecule has 1 fully saturated rings. The maximum atomic E-state index is 13.1. The van der Waals surface area contributed by atoms with Crippen LogP contribution in [0.25, 0.3) is 11.1 Å². The lowest BCUT2D eigenvalue weighted by molar-refractivity contribution is -0.131. The van der Waals surface area contributed by atoms with Gasteiger partial charge in [-0.15, -0.1) is 0 Å². The fraction of sp³-hybridized carbons (Fsp3) is 0.348. The highest BCUT2D eigenvalue weighted by molar-refractivity contribution is 6.08. The predicted molar refractivity (Wildman–Crippen MR) is 116 cm³/mol. The highest BCUT2D eigenvalue weighted by atomic mass is 16.2. The first kappa shape index (κ1) is 19.2. The Morgan fingerprint density at radius 3 is 2.48 bits per heavy atom. The molecule has 1 aliphatic heterocycles. The lowest BCUT2D eigenvalue weighted by Crippen LogP contribution is -2.40. The third-order valence-corrected chi connectivity index (χ3v) is 5.99. The molecule has 6 heteroatoms. The molecule has 2 aromatic rings. The molecule has 6 nitrogen and oxygen atoms in total. The second-order valence-corrected chi connectivity index (χ2v) is 7.77. The fourth-order valence-electron chi connectivity index (χ4n) is 4.44. The number of nitrogens with zero attached hydrogens (tertiary/aromatic N) is 3. The SMILES string of the molecule is CCC1=NC2(CCCC2)C(=O)N1Cc1ccc(-c2ccccc2/C(N)=N/N)cc1. The lowest BCUT2D eigenvalue weighted by Gasteiger charge is -2.22. The van der Waals surface area contributed by atoms with Crippen LogP contribution in [0.3, 0.4) is 0 Å². The third kappa shape index (κ3) is 3.39. The highest BCUT2D eigenvalue weighted by Crippen LogP contribution is 2.39. The van der Waals surface area contributed by atoms with Crippen LogP contribution in [0.5, 0.6) is 0 Å². The van der Waals surface area contributed by atoms with Crippen LogP contribution >= 0.6 is 0 Å². The number of aliphatic imine (C=N–C) groups is 1. The van der Waals surface area contributed by atoms with E-state index in [4.69, 9.17) is 16.6 Å². The van der Waals surface area contributed by atoms with Gasteiger partial charge < -0.3 is 11.6 Å². The molecular formula is C23H27N5O. The van der Waals surface area contributed by atoms with Crippen molar-refractivity contribution in [2.24, 2.45) is 21.7 Å². The van der Waals surface area contributed by atoms with Crippen LogP contribution in [0.1, 0.15) is 50.2 Å². The zero-order valence-electron chi connectivity index (χ0n) is 16.8. The highest BCUT2D eigenvalue weighted by Gasteiger charge is 2.49. The molecule has 1 amide bonds. The summed E-state index contributed by atoms with van der Waals surface area (Å²) in [6.45, 7) is 2.62. The van der Waals surface area contributed by atoms with E-state index in [1.807, 2.05) is 41.3 Å². The van der Waals surface area contributed by atoms with Crippen molar-refractivity contribution in [2.45, 2.75) is 51.1 Å². The van der Waals surface area contributed by atoms with Crippen LogP contribution in [0.4, 0.5) is 0 Å². The van der Waals surface area contributed by atoms with E-state index in [0.29, 0.717) is 12.4 Å². The maximum Gasteiger partial charge on any atom is 0.256 e. The largest absolute Gasteiger partial charge is 0.382 e. The summed E-state index contributed by atoms with van der Waals surface area (Å²) in [6.07, 6.45) is 4.71. The first-order chi connectivity index (χ1) is 14.1. The van der Waals surface area contributed by atoms with Gasteiger partial charge >= 0.3 is 0 Å². The number of hydrazone groups is 1. The summed E-state index contributed by atoms with van der Waals surface area (Å²) >= 11 is 0. The number of carbonyl (C=O) groups is 1. The molecule has 0 saturated heterocycles. The summed E-state index contributed by atoms with van der Waals surface area (Å²) < 4.78 is 0. The topological polar surface area (TPSA) is 97.1 Å². The van der Waals surface area contributed by atoms with Gasteiger partial charge in [0.1, 0.15) is 11.4 Å². The van der Waals surface area contributed by atoms with Gasteiger partial charge in [-0.1, -0.05) is 68.3 Å². The Morgan fingerprint density at radius 2 is 1.83 bits per heavy atom. The molecule has 0 radical (unpaired) electrons. The van der Waals surface area contributed by atoms with E-state index in [9.17, 15) is 4.79 Å². The molecule has 150 valence electrons. The summed E-state index contributed by atoms with van der Waals surface area (Å²) in [5, 5.41) is 3.63. The van der Waals surface area contributed by atoms with E-state index in [1.54, 1.807) is 0 Å². The van der Waals surface area contributed by atoms with E-state index < -0.39 is 5.54 Å². The van der Waals surface area contributed by atoms with Gasteiger partial charge in [0.15, 0.2) is 5.84 Å². The van der Waals surface area contributed by atoms with Gasteiger partial charge in [-0.25, -0.2) is 0 Å². The molecule has 4 N–H and O–H groups in total. The van der Waals surface area contributed by atoms with Gasteiger partial charge in [0.2, 0.25) is 0 Å². The van der Waals surface area contributed by atoms with E-state index in [-0.39, 0.29) is 5.91 Å². The Labute approximate surface area is 171 Å². The number of hydrogen-bond donors (Lipinski definition) is 2. The quantitative estimate of drug-likeness (QED) is 0.355. The molecule has 2 aromatic carbocycles. The minimum atomic E-state index is -0.483. The average molecular weight is 390 g/mol. The molecule has 0 unspecified atom stereocenters. The van der Waals surface area contributed by atoms with Crippen LogP contribution in [0.2, 0.25) is 0 Å². The number of carbonyl (C=O) groups excluding carboxylic acids is 1. The van der Waals surface area contributed by atoms with E-state index in [2.05, 4.69) is 24.2 Å². The first-order valence-electron chi connectivity index (χ1n) is 10.2. The number of amides is 1. The minimum Gasteiger partial charge on any atom is -0.382 e. The van der Waals surface area contributed by atoms with Crippen molar-refractivity contribution in [2.75, 3.05) is 0 Å². The zero-order chi connectivity index (χ0) is 20.4. The molecule has 4 rings (SSSR count). The van der Waals surface area contributed by atoms with E-state index in [0.717, 1.165) is 60.2 Å². The van der Waals surface area contributed by atoms with Gasteiger partial charge in [-0.3, -0.25) is 14.7 Å². The second-order valence-electron chi connectivity index (χ2n) is 7.77. The van der Waals surface area contributed by atoms with Crippen molar-refractivity contribution in [1.29, 1.82) is 0 Å². The Balaban J connectivity index is 1.57. The molecule has 1 saturated carbocycles. The van der Waals surface area contributed by atoms with Crippen LogP contribution in [-0.2, 0) is 11.3 Å². The molecule has 0 aromatic heterocycles. The van der Waals surface area contributed by atoms with Crippen molar-refractivity contribution in [3.05, 3.63) is 59.7 Å². The summed E-state index contributed by atoms with van der Waals surface area (Å²) in [6, 6.07) is 16.0. The summed E-state index contributed by atoms with van der Waals surface area (Å²) in [5.74, 6) is 6.76. The normalized spacial score (nSPS) is 18.5. The van der Waals surface area contributed by atoms with Crippen LogP contribution in [0, 0.1) is 0 Å². The Morgan fingerprint density at radius 1 is 1.14 bits per heavy atom. The van der Waals surface area contributed by atoms with Crippen LogP contribution in [0.15, 0.2) is 58.6 Å². The number of benzene rings is 2. The summed E-state index contributed by atoms with van der Waals surface area (Å²) in [5.41, 5.74) is 9.35. The number of hydrogen-bond acceptors (Lipinski definition) is 4. The molecule has 1 spiro atoms. The smallest absolute Gasteiger partial charge is 0.256 e. The number of rotatable bonds is 5. The molecule has 29 heavy (non-hydrogen) atoms. The van der Waals surface area contributed by atoms with Crippen LogP contribution < -0.4 is 11.6 Å². The van der Waals surface area contributed by atoms with Crippen molar-refractivity contribution >= 4 is 17.6 Å². The van der Waals surface area contributed by atoms with Gasteiger partial charge in [-0.2, -0.15) is 5.10 Å². The Bertz CT molecular complexity index is 971. The van der Waals surface area contributed by atoms with Crippen molar-refractivity contribution in [1.82, 2.24) is 4.90 Å². The van der Waals surface area contributed by atoms with Gasteiger partial charge in [0, 0.05) is 12.0 Å². The molecular weight excluding hydrogens is 362 g/mol. The van der Waals surface area contributed by atoms with Gasteiger partial charge in [0.05, 0.1) is 6.54 Å². The molecule has 1 heterocycles. The first-order valence-corrected chi connectivity index (χ1v) is 10.2. The van der Waals surface area contributed by atoms with E-state index in [1.165, 1.54) is 0 Å². The average Bonchev–Trinajstić information content (AvgIpc) is 3.34. The summed E-state index contributed by atoms with van der Waals surface area (Å²) in [7, 11) is 0. The number of nitrogens with two attached hydrogens (primary N) is 2. The fourth-order valence-corrected chi connectivity index (χ4v) is 4.44.